The number of fused-ring (bicyclic) bond motifs is 3. The molecule has 5 fully saturated rings. The summed E-state index contributed by atoms with van der Waals surface area (Å²) in [7, 11) is 0. The van der Waals surface area contributed by atoms with Crippen molar-refractivity contribution in [2.24, 2.45) is 17.8 Å². The SMILES string of the molecule is Cc1noc(C)c1-c1cnc2[nH]c(=O)n(CC3CCC3)c2c1.Cc1noc(C)c1-c1cnc2nc(N3CCC3)n(CC3CCC3)c2c1.Cc1noc(C)c1-c1cnc2nc(N3CCOCC3)n(CC3CCC3)c2c1. The summed E-state index contributed by atoms with van der Waals surface area (Å²) < 4.78 is 28.1. The number of imidazole rings is 3. The zero-order valence-corrected chi connectivity index (χ0v) is 43.5. The van der Waals surface area contributed by atoms with Crippen molar-refractivity contribution in [2.45, 2.75) is 125 Å². The maximum atomic E-state index is 12.2. The van der Waals surface area contributed by atoms with Gasteiger partial charge >= 0.3 is 5.69 Å². The molecule has 74 heavy (non-hydrogen) atoms. The van der Waals surface area contributed by atoms with Gasteiger partial charge < -0.3 is 37.2 Å². The molecule has 19 nitrogen and oxygen atoms in total. The van der Waals surface area contributed by atoms with Crippen LogP contribution >= 0.6 is 0 Å². The molecule has 1 N–H and O–H groups in total. The van der Waals surface area contributed by atoms with Crippen molar-refractivity contribution in [3.05, 3.63) is 81.6 Å². The number of ether oxygens (including phenoxy) is 1. The first-order chi connectivity index (χ1) is 36.0. The molecule has 2 aliphatic heterocycles. The second-order valence-corrected chi connectivity index (χ2v) is 21.2. The normalized spacial score (nSPS) is 17.2. The van der Waals surface area contributed by atoms with Gasteiger partial charge in [0.1, 0.15) is 17.3 Å². The number of rotatable bonds is 11. The van der Waals surface area contributed by atoms with Crippen molar-refractivity contribution in [1.82, 2.24) is 59.1 Å². The minimum absolute atomic E-state index is 0.0784. The van der Waals surface area contributed by atoms with Crippen LogP contribution in [0.25, 0.3) is 66.9 Å². The van der Waals surface area contributed by atoms with E-state index in [0.29, 0.717) is 11.6 Å². The Morgan fingerprint density at radius 1 is 0.514 bits per heavy atom. The van der Waals surface area contributed by atoms with Crippen LogP contribution < -0.4 is 15.5 Å². The topological polar surface area (TPSA) is 206 Å². The van der Waals surface area contributed by atoms with Crippen molar-refractivity contribution in [1.29, 1.82) is 0 Å². The lowest BCUT2D eigenvalue weighted by Crippen LogP contribution is -2.39. The largest absolute Gasteiger partial charge is 0.378 e. The Hall–Kier alpha value is -7.15. The monoisotopic (exact) mass is 1000 g/mol. The first kappa shape index (κ1) is 47.8. The number of H-pyrrole nitrogens is 1. The van der Waals surface area contributed by atoms with Gasteiger partial charge in [-0.1, -0.05) is 34.7 Å². The lowest BCUT2D eigenvalue weighted by molar-refractivity contribution is 0.121. The van der Waals surface area contributed by atoms with Crippen LogP contribution in [0.3, 0.4) is 0 Å². The number of nitrogens with zero attached hydrogens (tertiary/aromatic N) is 13. The minimum Gasteiger partial charge on any atom is -0.378 e. The fraction of sp³-hybridized carbons (Fsp3) is 0.509. The van der Waals surface area contributed by atoms with Crippen LogP contribution in [0.2, 0.25) is 0 Å². The molecule has 11 heterocycles. The van der Waals surface area contributed by atoms with Crippen LogP contribution in [0.1, 0.15) is 98.6 Å². The van der Waals surface area contributed by atoms with E-state index in [1.165, 1.54) is 64.2 Å². The number of pyridine rings is 3. The number of hydrogen-bond donors (Lipinski definition) is 1. The fourth-order valence-corrected chi connectivity index (χ4v) is 11.2. The average molecular weight is 1000 g/mol. The molecule has 5 aliphatic rings. The van der Waals surface area contributed by atoms with Gasteiger partial charge in [-0.25, -0.2) is 19.7 Å². The van der Waals surface area contributed by atoms with E-state index < -0.39 is 0 Å². The minimum atomic E-state index is -0.0784. The number of morpholine rings is 1. The van der Waals surface area contributed by atoms with E-state index >= 15 is 0 Å². The number of hydrogen-bond acceptors (Lipinski definition) is 15. The van der Waals surface area contributed by atoms with Crippen LogP contribution in [0.15, 0.2) is 55.2 Å². The van der Waals surface area contributed by atoms with Crippen molar-refractivity contribution in [3.63, 3.8) is 0 Å². The van der Waals surface area contributed by atoms with Gasteiger partial charge in [0.15, 0.2) is 16.9 Å². The van der Waals surface area contributed by atoms with Gasteiger partial charge in [0.25, 0.3) is 0 Å². The van der Waals surface area contributed by atoms with E-state index in [4.69, 9.17) is 28.3 Å². The highest BCUT2D eigenvalue weighted by molar-refractivity contribution is 5.84. The van der Waals surface area contributed by atoms with Gasteiger partial charge in [-0.05, 0) is 122 Å². The molecular formula is C55H66N14O5. The van der Waals surface area contributed by atoms with Gasteiger partial charge in [-0.15, -0.1) is 0 Å². The van der Waals surface area contributed by atoms with Crippen molar-refractivity contribution >= 4 is 45.4 Å². The van der Waals surface area contributed by atoms with Crippen LogP contribution in [0, 0.1) is 59.3 Å². The van der Waals surface area contributed by atoms with E-state index in [9.17, 15) is 4.79 Å². The molecule has 9 aromatic rings. The Morgan fingerprint density at radius 2 is 0.919 bits per heavy atom. The van der Waals surface area contributed by atoms with Crippen LogP contribution in [-0.4, -0.2) is 98.5 Å². The van der Waals surface area contributed by atoms with Gasteiger partial charge in [0.2, 0.25) is 11.9 Å². The summed E-state index contributed by atoms with van der Waals surface area (Å²) in [6.45, 7) is 20.0. The third-order valence-electron chi connectivity index (χ3n) is 16.2. The number of aryl methyl sites for hydroxylation is 6. The highest BCUT2D eigenvalue weighted by Crippen LogP contribution is 2.37. The van der Waals surface area contributed by atoms with E-state index in [-0.39, 0.29) is 5.69 Å². The maximum Gasteiger partial charge on any atom is 0.327 e. The average Bonchev–Trinajstić information content (AvgIpc) is 4.19. The number of nitrogens with one attached hydrogen (secondary N) is 1. The molecule has 386 valence electrons. The smallest absolute Gasteiger partial charge is 0.327 e. The van der Waals surface area contributed by atoms with E-state index in [2.05, 4.69) is 66.5 Å². The lowest BCUT2D eigenvalue weighted by atomic mass is 9.85. The Balaban J connectivity index is 0.000000113. The molecule has 19 heteroatoms. The molecule has 2 saturated heterocycles. The summed E-state index contributed by atoms with van der Waals surface area (Å²) in [5.74, 6) is 6.69. The molecule has 0 atom stereocenters. The first-order valence-electron chi connectivity index (χ1n) is 26.7. The van der Waals surface area contributed by atoms with Gasteiger partial charge in [0, 0.05) is 97.8 Å². The predicted octanol–water partition coefficient (Wildman–Crippen LogP) is 9.85. The maximum absolute atomic E-state index is 12.2. The predicted molar refractivity (Wildman–Crippen MR) is 282 cm³/mol. The third-order valence-corrected chi connectivity index (χ3v) is 16.2. The third kappa shape index (κ3) is 9.06. The Bertz CT molecular complexity index is 3470. The molecular weight excluding hydrogens is 937 g/mol. The van der Waals surface area contributed by atoms with E-state index in [1.54, 1.807) is 6.20 Å². The van der Waals surface area contributed by atoms with Crippen molar-refractivity contribution in [3.8, 4) is 33.4 Å². The molecule has 0 spiro atoms. The van der Waals surface area contributed by atoms with E-state index in [1.807, 2.05) is 64.6 Å². The second-order valence-electron chi connectivity index (χ2n) is 21.2. The summed E-state index contributed by atoms with van der Waals surface area (Å²) in [6.07, 6.45) is 18.4. The van der Waals surface area contributed by atoms with Gasteiger partial charge in [-0.3, -0.25) is 9.55 Å². The van der Waals surface area contributed by atoms with Crippen LogP contribution in [-0.2, 0) is 24.4 Å². The molecule has 3 saturated carbocycles. The summed E-state index contributed by atoms with van der Waals surface area (Å²) in [5, 5.41) is 12.2. The molecule has 0 radical (unpaired) electrons. The number of aromatic nitrogens is 12. The Labute approximate surface area is 428 Å². The highest BCUT2D eigenvalue weighted by Gasteiger charge is 2.29. The first-order valence-corrected chi connectivity index (χ1v) is 26.7. The Morgan fingerprint density at radius 3 is 1.30 bits per heavy atom. The van der Waals surface area contributed by atoms with Crippen LogP contribution in [0.5, 0.6) is 0 Å². The lowest BCUT2D eigenvalue weighted by Gasteiger charge is -2.34. The quantitative estimate of drug-likeness (QED) is 0.128. The second kappa shape index (κ2) is 19.9. The Kier molecular flexibility index (Phi) is 12.9. The molecule has 0 bridgehead atoms. The van der Waals surface area contributed by atoms with Gasteiger partial charge in [-0.2, -0.15) is 9.97 Å². The fourth-order valence-electron chi connectivity index (χ4n) is 11.2. The summed E-state index contributed by atoms with van der Waals surface area (Å²) in [5.41, 5.74) is 14.0. The molecule has 9 aromatic heterocycles. The summed E-state index contributed by atoms with van der Waals surface area (Å²) in [4.78, 5) is 43.2. The highest BCUT2D eigenvalue weighted by atomic mass is 16.5. The summed E-state index contributed by atoms with van der Waals surface area (Å²) >= 11 is 0. The molecule has 0 amide bonds. The van der Waals surface area contributed by atoms with Crippen molar-refractivity contribution in [2.75, 3.05) is 49.2 Å². The van der Waals surface area contributed by atoms with E-state index in [0.717, 1.165) is 178 Å². The molecule has 3 aliphatic carbocycles. The number of anilines is 2. The number of aromatic amines is 1. The zero-order valence-electron chi connectivity index (χ0n) is 43.5. The molecule has 14 rings (SSSR count). The van der Waals surface area contributed by atoms with Crippen molar-refractivity contribution < 1.29 is 18.3 Å². The molecule has 0 aromatic carbocycles. The van der Waals surface area contributed by atoms with Crippen LogP contribution in [0.4, 0.5) is 11.9 Å². The standard InChI is InChI=1S/C20H25N5O2.C19H23N5O.C16H18N4O2/c1-13-18(14(2)27-23-13)16-10-17-19(21-11-16)22-20(24-6-8-26-9-7-24)25(17)12-15-4-3-5-15;1-12-17(13(2)25-22-12)15-9-16-18(20-10-15)21-19(23-7-4-8-23)24(16)11-14-5-3-6-14;1-9-14(10(2)22-19-9)12-6-13-15(17-7-12)18-16(21)20(13)8-11-4-3-5-11/h10-11,15H,3-9,12H2,1-2H3;9-10,14H,3-8,11H2,1-2H3;6-7,11H,3-5,8H2,1-2H3,(H,17,18,21). The zero-order chi connectivity index (χ0) is 50.6. The molecule has 0 unspecified atom stereocenters. The van der Waals surface area contributed by atoms with Gasteiger partial charge in [0.05, 0.1) is 46.8 Å². The summed E-state index contributed by atoms with van der Waals surface area (Å²) in [6, 6.07) is 6.42.